The van der Waals surface area contributed by atoms with E-state index in [2.05, 4.69) is 57.7 Å². The van der Waals surface area contributed by atoms with Gasteiger partial charge in [-0.05, 0) is 74.5 Å². The van der Waals surface area contributed by atoms with Crippen LogP contribution in [-0.2, 0) is 0 Å². The van der Waals surface area contributed by atoms with Crippen molar-refractivity contribution in [2.75, 3.05) is 6.54 Å². The molecule has 1 fully saturated rings. The van der Waals surface area contributed by atoms with Crippen LogP contribution in [0.1, 0.15) is 30.6 Å². The quantitative estimate of drug-likeness (QED) is 0.758. The smallest absolute Gasteiger partial charge is 0.252 e. The molecule has 1 N–H and O–H groups in total. The van der Waals surface area contributed by atoms with E-state index in [0.29, 0.717) is 11.3 Å². The van der Waals surface area contributed by atoms with Gasteiger partial charge in [0.1, 0.15) is 0 Å². The minimum Gasteiger partial charge on any atom is -0.352 e. The molecule has 1 aromatic carbocycles. The molecule has 4 heteroatoms. The van der Waals surface area contributed by atoms with Crippen LogP contribution >= 0.6 is 38.5 Å². The van der Waals surface area contributed by atoms with Crippen molar-refractivity contribution >= 4 is 44.4 Å². The summed E-state index contributed by atoms with van der Waals surface area (Å²) in [4.78, 5) is 12.0. The van der Waals surface area contributed by atoms with Crippen molar-refractivity contribution in [1.29, 1.82) is 0 Å². The number of carbonyl (C=O) groups excluding carboxylic acids is 1. The molecule has 1 aliphatic rings. The Hall–Kier alpha value is -0.100. The Morgan fingerprint density at radius 2 is 2.24 bits per heavy atom. The van der Waals surface area contributed by atoms with E-state index in [0.717, 1.165) is 20.2 Å². The number of halogens is 2. The van der Waals surface area contributed by atoms with Crippen molar-refractivity contribution in [3.8, 4) is 0 Å². The largest absolute Gasteiger partial charge is 0.352 e. The Labute approximate surface area is 124 Å². The van der Waals surface area contributed by atoms with Crippen LogP contribution in [0.15, 0.2) is 22.7 Å². The maximum Gasteiger partial charge on any atom is 0.252 e. The van der Waals surface area contributed by atoms with E-state index in [1.54, 1.807) is 0 Å². The number of hydrogen-bond acceptors (Lipinski definition) is 1. The van der Waals surface area contributed by atoms with Gasteiger partial charge in [-0.1, -0.05) is 13.8 Å². The van der Waals surface area contributed by atoms with Crippen LogP contribution in [-0.4, -0.2) is 12.5 Å². The van der Waals surface area contributed by atoms with E-state index in [1.807, 2.05) is 18.2 Å². The lowest BCUT2D eigenvalue weighted by Gasteiger charge is -2.08. The molecule has 0 aromatic heterocycles. The molecule has 2 rings (SSSR count). The van der Waals surface area contributed by atoms with Crippen LogP contribution in [0.4, 0.5) is 0 Å². The number of rotatable bonds is 3. The monoisotopic (exact) mass is 407 g/mol. The molecule has 1 unspecified atom stereocenters. The molecule has 1 saturated carbocycles. The number of hydrogen-bond donors (Lipinski definition) is 1. The molecule has 92 valence electrons. The second kappa shape index (κ2) is 4.88. The van der Waals surface area contributed by atoms with Gasteiger partial charge < -0.3 is 5.32 Å². The molecule has 0 aliphatic heterocycles. The predicted octanol–water partition coefficient (Wildman–Crippen LogP) is 3.83. The third-order valence-electron chi connectivity index (χ3n) is 3.40. The summed E-state index contributed by atoms with van der Waals surface area (Å²) in [6, 6.07) is 5.79. The van der Waals surface area contributed by atoms with Gasteiger partial charge in [0.05, 0.1) is 5.56 Å². The van der Waals surface area contributed by atoms with Crippen molar-refractivity contribution in [2.24, 2.45) is 11.3 Å². The summed E-state index contributed by atoms with van der Waals surface area (Å²) >= 11 is 5.63. The molecule has 1 amide bonds. The third kappa shape index (κ3) is 3.22. The summed E-state index contributed by atoms with van der Waals surface area (Å²) < 4.78 is 1.92. The Morgan fingerprint density at radius 3 is 2.82 bits per heavy atom. The van der Waals surface area contributed by atoms with Gasteiger partial charge in [-0.25, -0.2) is 0 Å². The fourth-order valence-electron chi connectivity index (χ4n) is 1.91. The summed E-state index contributed by atoms with van der Waals surface area (Å²) in [5.74, 6) is 0.645. The molecular weight excluding hydrogens is 393 g/mol. The first kappa shape index (κ1) is 13.3. The van der Waals surface area contributed by atoms with Crippen molar-refractivity contribution in [1.82, 2.24) is 5.32 Å². The van der Waals surface area contributed by atoms with E-state index in [4.69, 9.17) is 0 Å². The number of carbonyl (C=O) groups is 1. The molecule has 1 atom stereocenters. The van der Waals surface area contributed by atoms with Crippen molar-refractivity contribution in [3.63, 3.8) is 0 Å². The van der Waals surface area contributed by atoms with E-state index < -0.39 is 0 Å². The van der Waals surface area contributed by atoms with Crippen LogP contribution in [0.3, 0.4) is 0 Å². The zero-order chi connectivity index (χ0) is 12.6. The maximum absolute atomic E-state index is 12.0. The fraction of sp³-hybridized carbons (Fsp3) is 0.462. The zero-order valence-electron chi connectivity index (χ0n) is 9.89. The van der Waals surface area contributed by atoms with Crippen LogP contribution in [0.2, 0.25) is 0 Å². The highest BCUT2D eigenvalue weighted by molar-refractivity contribution is 14.1. The summed E-state index contributed by atoms with van der Waals surface area (Å²) in [7, 11) is 0. The third-order valence-corrected chi connectivity index (χ3v) is 4.76. The maximum atomic E-state index is 12.0. The number of amides is 1. The van der Waals surface area contributed by atoms with Gasteiger partial charge in [-0.2, -0.15) is 0 Å². The highest BCUT2D eigenvalue weighted by atomic mass is 127. The molecule has 17 heavy (non-hydrogen) atoms. The highest BCUT2D eigenvalue weighted by Gasteiger charge is 2.45. The van der Waals surface area contributed by atoms with Gasteiger partial charge in [0.2, 0.25) is 0 Å². The lowest BCUT2D eigenvalue weighted by Crippen LogP contribution is -2.27. The summed E-state index contributed by atoms with van der Waals surface area (Å²) in [5.41, 5.74) is 1.13. The van der Waals surface area contributed by atoms with Gasteiger partial charge in [0.25, 0.3) is 5.91 Å². The highest BCUT2D eigenvalue weighted by Crippen LogP contribution is 2.50. The minimum atomic E-state index is 0.0121. The summed E-state index contributed by atoms with van der Waals surface area (Å²) in [6.45, 7) is 5.26. The van der Waals surface area contributed by atoms with Crippen LogP contribution < -0.4 is 5.32 Å². The fourth-order valence-corrected chi connectivity index (χ4v) is 2.83. The van der Waals surface area contributed by atoms with Crippen molar-refractivity contribution in [3.05, 3.63) is 31.8 Å². The van der Waals surface area contributed by atoms with E-state index >= 15 is 0 Å². The second-order valence-corrected chi connectivity index (χ2v) is 7.32. The first-order valence-electron chi connectivity index (χ1n) is 5.63. The molecule has 0 spiro atoms. The second-order valence-electron chi connectivity index (χ2n) is 5.22. The van der Waals surface area contributed by atoms with Gasteiger partial charge in [0, 0.05) is 14.6 Å². The lowest BCUT2D eigenvalue weighted by atomic mass is 10.1. The van der Waals surface area contributed by atoms with Gasteiger partial charge in [-0.15, -0.1) is 0 Å². The summed E-state index contributed by atoms with van der Waals surface area (Å²) in [5, 5.41) is 3.01. The molecule has 2 nitrogen and oxygen atoms in total. The molecule has 1 aromatic rings. The molecule has 0 bridgehead atoms. The average molecular weight is 408 g/mol. The molecular formula is C13H15BrINO. The molecule has 0 heterocycles. The topological polar surface area (TPSA) is 29.1 Å². The van der Waals surface area contributed by atoms with Crippen molar-refractivity contribution < 1.29 is 4.79 Å². The van der Waals surface area contributed by atoms with Crippen LogP contribution in [0.25, 0.3) is 0 Å². The predicted molar refractivity (Wildman–Crippen MR) is 81.1 cm³/mol. The minimum absolute atomic E-state index is 0.0121. The van der Waals surface area contributed by atoms with Gasteiger partial charge in [0.15, 0.2) is 0 Å². The number of benzene rings is 1. The Bertz CT molecular complexity index is 459. The van der Waals surface area contributed by atoms with E-state index in [9.17, 15) is 4.79 Å². The average Bonchev–Trinajstić information content (AvgIpc) is 2.87. The Balaban J connectivity index is 1.98. The zero-order valence-corrected chi connectivity index (χ0v) is 13.6. The Kier molecular flexibility index (Phi) is 3.83. The van der Waals surface area contributed by atoms with Crippen LogP contribution in [0.5, 0.6) is 0 Å². The SMILES string of the molecule is CC1(C)CC1CNC(=O)c1cc(I)ccc1Br. The van der Waals surface area contributed by atoms with Crippen LogP contribution in [0, 0.1) is 14.9 Å². The molecule has 0 radical (unpaired) electrons. The van der Waals surface area contributed by atoms with Crippen molar-refractivity contribution in [2.45, 2.75) is 20.3 Å². The van der Waals surface area contributed by atoms with E-state index in [-0.39, 0.29) is 5.91 Å². The first-order chi connectivity index (χ1) is 7.90. The normalized spacial score (nSPS) is 21.1. The van der Waals surface area contributed by atoms with E-state index in [1.165, 1.54) is 6.42 Å². The Morgan fingerprint density at radius 1 is 1.59 bits per heavy atom. The summed E-state index contributed by atoms with van der Waals surface area (Å²) in [6.07, 6.45) is 1.21. The number of nitrogens with one attached hydrogen (secondary N) is 1. The molecule has 0 saturated heterocycles. The van der Waals surface area contributed by atoms with Gasteiger partial charge in [-0.3, -0.25) is 4.79 Å². The molecule has 1 aliphatic carbocycles. The van der Waals surface area contributed by atoms with Gasteiger partial charge >= 0.3 is 0 Å². The lowest BCUT2D eigenvalue weighted by molar-refractivity contribution is 0.0950. The first-order valence-corrected chi connectivity index (χ1v) is 7.50. The standard InChI is InChI=1S/C13H15BrINO/c1-13(2)6-8(13)7-16-12(17)10-5-9(15)3-4-11(10)14/h3-5,8H,6-7H2,1-2H3,(H,16,17).